The molecule has 100 valence electrons. The molecule has 0 unspecified atom stereocenters. The third-order valence-electron chi connectivity index (χ3n) is 3.28. The van der Waals surface area contributed by atoms with Crippen LogP contribution < -0.4 is 5.73 Å². The normalized spacial score (nSPS) is 10.9. The Morgan fingerprint density at radius 3 is 2.47 bits per heavy atom. The molecule has 2 rings (SSSR count). The van der Waals surface area contributed by atoms with E-state index >= 15 is 0 Å². The average molecular weight is 258 g/mol. The maximum atomic E-state index is 13.7. The summed E-state index contributed by atoms with van der Waals surface area (Å²) in [5.41, 5.74) is 9.40. The van der Waals surface area contributed by atoms with Gasteiger partial charge in [0.25, 0.3) is 0 Å². The second-order valence-corrected chi connectivity index (χ2v) is 4.91. The number of benzene rings is 2. The van der Waals surface area contributed by atoms with E-state index in [1.807, 2.05) is 19.2 Å². The Bertz CT molecular complexity index is 546. The van der Waals surface area contributed by atoms with Gasteiger partial charge in [0, 0.05) is 24.3 Å². The van der Waals surface area contributed by atoms with Crippen molar-refractivity contribution in [2.24, 2.45) is 0 Å². The number of halogens is 1. The van der Waals surface area contributed by atoms with Gasteiger partial charge in [-0.25, -0.2) is 4.39 Å². The van der Waals surface area contributed by atoms with Gasteiger partial charge in [0.15, 0.2) is 0 Å². The van der Waals surface area contributed by atoms with Crippen molar-refractivity contribution in [2.45, 2.75) is 20.0 Å². The summed E-state index contributed by atoms with van der Waals surface area (Å²) in [6.45, 7) is 3.37. The third-order valence-corrected chi connectivity index (χ3v) is 3.28. The van der Waals surface area contributed by atoms with Crippen LogP contribution in [-0.2, 0) is 13.1 Å². The van der Waals surface area contributed by atoms with Gasteiger partial charge in [0.2, 0.25) is 0 Å². The first-order valence-electron chi connectivity index (χ1n) is 6.34. The first-order chi connectivity index (χ1) is 9.08. The Labute approximate surface area is 113 Å². The van der Waals surface area contributed by atoms with Crippen LogP contribution in [0.3, 0.4) is 0 Å². The molecule has 2 N–H and O–H groups in total. The lowest BCUT2D eigenvalue weighted by Gasteiger charge is -2.19. The fraction of sp³-hybridized carbons (Fsp3) is 0.250. The molecule has 0 heterocycles. The van der Waals surface area contributed by atoms with Crippen LogP contribution in [0.4, 0.5) is 10.1 Å². The molecule has 0 bridgehead atoms. The van der Waals surface area contributed by atoms with Gasteiger partial charge in [-0.2, -0.15) is 0 Å². The van der Waals surface area contributed by atoms with Gasteiger partial charge in [0.1, 0.15) is 5.82 Å². The molecular weight excluding hydrogens is 239 g/mol. The molecular formula is C16H19FN2. The summed E-state index contributed by atoms with van der Waals surface area (Å²) in [6, 6.07) is 13.0. The monoisotopic (exact) mass is 258 g/mol. The zero-order valence-corrected chi connectivity index (χ0v) is 11.4. The topological polar surface area (TPSA) is 29.3 Å². The number of hydrogen-bond acceptors (Lipinski definition) is 2. The van der Waals surface area contributed by atoms with Gasteiger partial charge in [-0.3, -0.25) is 4.90 Å². The smallest absolute Gasteiger partial charge is 0.129 e. The van der Waals surface area contributed by atoms with Gasteiger partial charge in [-0.05, 0) is 37.2 Å². The minimum atomic E-state index is -0.239. The molecule has 0 aliphatic rings. The number of hydrogen-bond donors (Lipinski definition) is 1. The second-order valence-electron chi connectivity index (χ2n) is 4.91. The Hall–Kier alpha value is -1.87. The molecule has 0 spiro atoms. The van der Waals surface area contributed by atoms with Crippen molar-refractivity contribution in [1.29, 1.82) is 0 Å². The van der Waals surface area contributed by atoms with Crippen LogP contribution >= 0.6 is 0 Å². The van der Waals surface area contributed by atoms with Crippen LogP contribution in [-0.4, -0.2) is 11.9 Å². The van der Waals surface area contributed by atoms with Gasteiger partial charge < -0.3 is 5.73 Å². The highest BCUT2D eigenvalue weighted by Gasteiger charge is 2.10. The van der Waals surface area contributed by atoms with Crippen molar-refractivity contribution in [3.8, 4) is 0 Å². The highest BCUT2D eigenvalue weighted by Crippen LogP contribution is 2.19. The molecule has 0 aliphatic carbocycles. The number of aryl methyl sites for hydroxylation is 1. The first-order valence-corrected chi connectivity index (χ1v) is 6.34. The van der Waals surface area contributed by atoms with Gasteiger partial charge in [0.05, 0.1) is 0 Å². The maximum Gasteiger partial charge on any atom is 0.129 e. The highest BCUT2D eigenvalue weighted by molar-refractivity contribution is 5.47. The molecule has 2 aromatic rings. The summed E-state index contributed by atoms with van der Waals surface area (Å²) in [5, 5.41) is 0. The van der Waals surface area contributed by atoms with E-state index in [2.05, 4.69) is 24.0 Å². The lowest BCUT2D eigenvalue weighted by molar-refractivity contribution is 0.313. The van der Waals surface area contributed by atoms with Crippen LogP contribution in [0.1, 0.15) is 16.7 Å². The fourth-order valence-corrected chi connectivity index (χ4v) is 2.15. The van der Waals surface area contributed by atoms with Gasteiger partial charge >= 0.3 is 0 Å². The van der Waals surface area contributed by atoms with Crippen molar-refractivity contribution in [2.75, 3.05) is 12.8 Å². The third kappa shape index (κ3) is 3.32. The van der Waals surface area contributed by atoms with E-state index in [9.17, 15) is 4.39 Å². The highest BCUT2D eigenvalue weighted by atomic mass is 19.1. The molecule has 0 fully saturated rings. The standard InChI is InChI=1S/C16H19FN2/c1-12-6-3-4-7-13(12)10-19(2)11-14-15(17)8-5-9-16(14)18/h3-9H,10-11,18H2,1-2H3. The number of nitrogens with zero attached hydrogens (tertiary/aromatic N) is 1. The largest absolute Gasteiger partial charge is 0.398 e. The van der Waals surface area contributed by atoms with E-state index in [-0.39, 0.29) is 5.82 Å². The van der Waals surface area contributed by atoms with Gasteiger partial charge in [-0.1, -0.05) is 30.3 Å². The SMILES string of the molecule is Cc1ccccc1CN(C)Cc1c(N)cccc1F. The molecule has 2 nitrogen and oxygen atoms in total. The lowest BCUT2D eigenvalue weighted by atomic mass is 10.1. The van der Waals surface area contributed by atoms with E-state index in [0.29, 0.717) is 17.8 Å². The molecule has 0 saturated heterocycles. The predicted molar refractivity (Wildman–Crippen MR) is 77.2 cm³/mol. The summed E-state index contributed by atoms with van der Waals surface area (Å²) in [5.74, 6) is -0.239. The number of anilines is 1. The van der Waals surface area contributed by atoms with Crippen LogP contribution in [0.15, 0.2) is 42.5 Å². The lowest BCUT2D eigenvalue weighted by Crippen LogP contribution is -2.19. The van der Waals surface area contributed by atoms with Crippen molar-refractivity contribution >= 4 is 5.69 Å². The summed E-state index contributed by atoms with van der Waals surface area (Å²) in [6.07, 6.45) is 0. The first kappa shape index (κ1) is 13.6. The number of nitrogen functional groups attached to an aromatic ring is 1. The van der Waals surface area contributed by atoms with E-state index in [0.717, 1.165) is 6.54 Å². The second kappa shape index (κ2) is 5.85. The minimum absolute atomic E-state index is 0.239. The van der Waals surface area contributed by atoms with E-state index in [1.54, 1.807) is 12.1 Å². The summed E-state index contributed by atoms with van der Waals surface area (Å²) in [4.78, 5) is 2.07. The Morgan fingerprint density at radius 2 is 1.79 bits per heavy atom. The summed E-state index contributed by atoms with van der Waals surface area (Å²) < 4.78 is 13.7. The van der Waals surface area contributed by atoms with Crippen LogP contribution in [0.25, 0.3) is 0 Å². The van der Waals surface area contributed by atoms with E-state index < -0.39 is 0 Å². The molecule has 0 amide bonds. The van der Waals surface area contributed by atoms with Crippen molar-refractivity contribution in [3.63, 3.8) is 0 Å². The molecule has 0 aliphatic heterocycles. The van der Waals surface area contributed by atoms with Crippen molar-refractivity contribution in [3.05, 3.63) is 65.0 Å². The minimum Gasteiger partial charge on any atom is -0.398 e. The van der Waals surface area contributed by atoms with E-state index in [1.165, 1.54) is 17.2 Å². The quantitative estimate of drug-likeness (QED) is 0.852. The summed E-state index contributed by atoms with van der Waals surface area (Å²) in [7, 11) is 1.97. The van der Waals surface area contributed by atoms with Crippen molar-refractivity contribution < 1.29 is 4.39 Å². The molecule has 0 saturated carbocycles. The molecule has 0 atom stereocenters. The zero-order chi connectivity index (χ0) is 13.8. The number of nitrogens with two attached hydrogens (primary N) is 1. The van der Waals surface area contributed by atoms with Crippen LogP contribution in [0.2, 0.25) is 0 Å². The average Bonchev–Trinajstić information content (AvgIpc) is 2.37. The van der Waals surface area contributed by atoms with Crippen molar-refractivity contribution in [1.82, 2.24) is 4.90 Å². The Morgan fingerprint density at radius 1 is 1.05 bits per heavy atom. The van der Waals surface area contributed by atoms with Crippen LogP contribution in [0, 0.1) is 12.7 Å². The Kier molecular flexibility index (Phi) is 4.17. The van der Waals surface area contributed by atoms with E-state index in [4.69, 9.17) is 5.73 Å². The maximum absolute atomic E-state index is 13.7. The molecule has 19 heavy (non-hydrogen) atoms. The summed E-state index contributed by atoms with van der Waals surface area (Å²) >= 11 is 0. The predicted octanol–water partition coefficient (Wildman–Crippen LogP) is 3.35. The molecule has 0 radical (unpaired) electrons. The van der Waals surface area contributed by atoms with Crippen LogP contribution in [0.5, 0.6) is 0 Å². The Balaban J connectivity index is 2.10. The van der Waals surface area contributed by atoms with Gasteiger partial charge in [-0.15, -0.1) is 0 Å². The zero-order valence-electron chi connectivity index (χ0n) is 11.4. The molecule has 3 heteroatoms. The molecule has 0 aromatic heterocycles. The number of rotatable bonds is 4. The fourth-order valence-electron chi connectivity index (χ4n) is 2.15. The molecule has 2 aromatic carbocycles.